The molecule has 3 heteroatoms. The lowest BCUT2D eigenvalue weighted by atomic mass is 9.88. The standard InChI is InChI=1S/C24H33NOS/c1-17(2)12-13-27-16-19-15-24(3,4)25-22-11-10-18(14-21(19)22)20-8-6-7-9-23(20)26-5/h6,8,10-11,14-15,17,25H,7,9,12-13,16H2,1-5H3. The van der Waals surface area contributed by atoms with Crippen LogP contribution in [0.3, 0.4) is 0 Å². The molecule has 0 saturated heterocycles. The number of ether oxygens (including phenoxy) is 1. The number of anilines is 1. The predicted octanol–water partition coefficient (Wildman–Crippen LogP) is 6.76. The summed E-state index contributed by atoms with van der Waals surface area (Å²) in [7, 11) is 1.79. The monoisotopic (exact) mass is 383 g/mol. The lowest BCUT2D eigenvalue weighted by Crippen LogP contribution is -2.32. The first kappa shape index (κ1) is 20.1. The molecule has 0 radical (unpaired) electrons. The summed E-state index contributed by atoms with van der Waals surface area (Å²) in [6, 6.07) is 6.80. The predicted molar refractivity (Wildman–Crippen MR) is 121 cm³/mol. The number of thioether (sulfide) groups is 1. The first-order valence-corrected chi connectivity index (χ1v) is 11.2. The van der Waals surface area contributed by atoms with Crippen molar-refractivity contribution in [2.45, 2.75) is 52.5 Å². The van der Waals surface area contributed by atoms with E-state index < -0.39 is 0 Å². The lowest BCUT2D eigenvalue weighted by molar-refractivity contribution is 0.279. The van der Waals surface area contributed by atoms with Gasteiger partial charge in [0.1, 0.15) is 5.76 Å². The van der Waals surface area contributed by atoms with E-state index >= 15 is 0 Å². The van der Waals surface area contributed by atoms with Crippen molar-refractivity contribution in [2.24, 2.45) is 5.92 Å². The van der Waals surface area contributed by atoms with Crippen molar-refractivity contribution in [3.8, 4) is 0 Å². The molecule has 1 aliphatic carbocycles. The van der Waals surface area contributed by atoms with E-state index in [1.165, 1.54) is 40.1 Å². The van der Waals surface area contributed by atoms with Gasteiger partial charge in [0.25, 0.3) is 0 Å². The van der Waals surface area contributed by atoms with Crippen LogP contribution in [0.1, 0.15) is 58.1 Å². The topological polar surface area (TPSA) is 21.3 Å². The molecule has 0 atom stereocenters. The Morgan fingerprint density at radius 3 is 2.81 bits per heavy atom. The van der Waals surface area contributed by atoms with Crippen LogP contribution in [-0.4, -0.2) is 24.2 Å². The van der Waals surface area contributed by atoms with E-state index in [2.05, 4.69) is 81.2 Å². The van der Waals surface area contributed by atoms with Gasteiger partial charge in [-0.1, -0.05) is 38.1 Å². The van der Waals surface area contributed by atoms with Crippen LogP contribution in [0.5, 0.6) is 0 Å². The van der Waals surface area contributed by atoms with E-state index in [4.69, 9.17) is 4.74 Å². The van der Waals surface area contributed by atoms with Crippen LogP contribution >= 0.6 is 11.8 Å². The SMILES string of the molecule is COC1=C(c2ccc3c(c2)C(CSCCC(C)C)=CC(C)(C)N3)C=CCC1. The molecule has 1 aromatic carbocycles. The minimum absolute atomic E-state index is 0.00976. The molecular weight excluding hydrogens is 350 g/mol. The highest BCUT2D eigenvalue weighted by molar-refractivity contribution is 7.99. The van der Waals surface area contributed by atoms with Gasteiger partial charge in [0.2, 0.25) is 0 Å². The Labute approximate surface area is 169 Å². The van der Waals surface area contributed by atoms with Crippen molar-refractivity contribution in [3.63, 3.8) is 0 Å². The second kappa shape index (κ2) is 8.60. The van der Waals surface area contributed by atoms with Crippen molar-refractivity contribution in [2.75, 3.05) is 23.9 Å². The van der Waals surface area contributed by atoms with Crippen LogP contribution in [-0.2, 0) is 4.74 Å². The van der Waals surface area contributed by atoms with Crippen LogP contribution in [0.4, 0.5) is 5.69 Å². The van der Waals surface area contributed by atoms with Crippen molar-refractivity contribution in [1.82, 2.24) is 0 Å². The maximum Gasteiger partial charge on any atom is 0.104 e. The van der Waals surface area contributed by atoms with Gasteiger partial charge in [-0.05, 0) is 61.6 Å². The van der Waals surface area contributed by atoms with Gasteiger partial charge in [0.05, 0.1) is 12.6 Å². The van der Waals surface area contributed by atoms with Gasteiger partial charge in [-0.3, -0.25) is 0 Å². The van der Waals surface area contributed by atoms with E-state index in [1.54, 1.807) is 7.11 Å². The summed E-state index contributed by atoms with van der Waals surface area (Å²) in [6.45, 7) is 9.10. The van der Waals surface area contributed by atoms with Crippen LogP contribution in [0.15, 0.2) is 42.2 Å². The minimum Gasteiger partial charge on any atom is -0.500 e. The maximum absolute atomic E-state index is 5.66. The molecule has 0 amide bonds. The van der Waals surface area contributed by atoms with E-state index in [0.717, 1.165) is 30.3 Å². The molecule has 27 heavy (non-hydrogen) atoms. The molecule has 1 N–H and O–H groups in total. The normalized spacial score (nSPS) is 18.2. The summed E-state index contributed by atoms with van der Waals surface area (Å²) >= 11 is 2.05. The number of allylic oxidation sites excluding steroid dienone is 4. The van der Waals surface area contributed by atoms with Gasteiger partial charge in [-0.15, -0.1) is 0 Å². The molecule has 3 rings (SSSR count). The van der Waals surface area contributed by atoms with Gasteiger partial charge < -0.3 is 10.1 Å². The Morgan fingerprint density at radius 1 is 1.26 bits per heavy atom. The molecule has 0 spiro atoms. The Kier molecular flexibility index (Phi) is 6.41. The van der Waals surface area contributed by atoms with E-state index in [0.29, 0.717) is 0 Å². The second-order valence-corrected chi connectivity index (χ2v) is 9.60. The van der Waals surface area contributed by atoms with E-state index in [1.807, 2.05) is 0 Å². The third-order valence-electron chi connectivity index (χ3n) is 5.13. The molecule has 2 nitrogen and oxygen atoms in total. The number of methoxy groups -OCH3 is 1. The fourth-order valence-corrected chi connectivity index (χ4v) is 4.96. The van der Waals surface area contributed by atoms with Crippen LogP contribution in [0.25, 0.3) is 11.1 Å². The minimum atomic E-state index is -0.00976. The van der Waals surface area contributed by atoms with Crippen LogP contribution in [0, 0.1) is 5.92 Å². The summed E-state index contributed by atoms with van der Waals surface area (Å²) < 4.78 is 5.66. The number of hydrogen-bond donors (Lipinski definition) is 1. The molecule has 0 bridgehead atoms. The summed E-state index contributed by atoms with van der Waals surface area (Å²) in [5.74, 6) is 4.16. The van der Waals surface area contributed by atoms with Gasteiger partial charge in [-0.25, -0.2) is 0 Å². The van der Waals surface area contributed by atoms with Crippen molar-refractivity contribution >= 4 is 28.6 Å². The van der Waals surface area contributed by atoms with Gasteiger partial charge in [-0.2, -0.15) is 11.8 Å². The van der Waals surface area contributed by atoms with E-state index in [9.17, 15) is 0 Å². The maximum atomic E-state index is 5.66. The number of rotatable bonds is 7. The average Bonchev–Trinajstić information content (AvgIpc) is 2.64. The number of hydrogen-bond acceptors (Lipinski definition) is 3. The van der Waals surface area contributed by atoms with Crippen molar-refractivity contribution in [1.29, 1.82) is 0 Å². The molecular formula is C24H33NOS. The molecule has 1 aromatic rings. The molecule has 1 aliphatic heterocycles. The number of fused-ring (bicyclic) bond motifs is 1. The third kappa shape index (κ3) is 5.01. The van der Waals surface area contributed by atoms with Crippen LogP contribution < -0.4 is 5.32 Å². The molecule has 146 valence electrons. The zero-order valence-electron chi connectivity index (χ0n) is 17.4. The Morgan fingerprint density at radius 2 is 2.07 bits per heavy atom. The molecule has 1 heterocycles. The summed E-state index contributed by atoms with van der Waals surface area (Å²) in [6.07, 6.45) is 10.2. The zero-order valence-corrected chi connectivity index (χ0v) is 18.2. The largest absolute Gasteiger partial charge is 0.500 e. The fourth-order valence-electron chi connectivity index (χ4n) is 3.72. The highest BCUT2D eigenvalue weighted by Crippen LogP contribution is 2.38. The fraction of sp³-hybridized carbons (Fsp3) is 0.500. The van der Waals surface area contributed by atoms with E-state index in [-0.39, 0.29) is 5.54 Å². The third-order valence-corrected chi connectivity index (χ3v) is 6.17. The molecule has 0 aromatic heterocycles. The first-order chi connectivity index (χ1) is 12.9. The Balaban J connectivity index is 1.89. The molecule has 2 aliphatic rings. The molecule has 0 saturated carbocycles. The lowest BCUT2D eigenvalue weighted by Gasteiger charge is -2.33. The van der Waals surface area contributed by atoms with Crippen molar-refractivity contribution < 1.29 is 4.74 Å². The highest BCUT2D eigenvalue weighted by Gasteiger charge is 2.25. The average molecular weight is 384 g/mol. The first-order valence-electron chi connectivity index (χ1n) is 10.1. The smallest absolute Gasteiger partial charge is 0.104 e. The van der Waals surface area contributed by atoms with Crippen molar-refractivity contribution in [3.05, 3.63) is 53.3 Å². The number of benzene rings is 1. The summed E-state index contributed by atoms with van der Waals surface area (Å²) in [5, 5.41) is 3.68. The highest BCUT2D eigenvalue weighted by atomic mass is 32.2. The molecule has 0 unspecified atom stereocenters. The Bertz CT molecular complexity index is 771. The number of nitrogens with one attached hydrogen (secondary N) is 1. The summed E-state index contributed by atoms with van der Waals surface area (Å²) in [4.78, 5) is 0. The van der Waals surface area contributed by atoms with Gasteiger partial charge >= 0.3 is 0 Å². The zero-order chi connectivity index (χ0) is 19.4. The van der Waals surface area contributed by atoms with Gasteiger partial charge in [0, 0.05) is 29.0 Å². The van der Waals surface area contributed by atoms with Gasteiger partial charge in [0.15, 0.2) is 0 Å². The quantitative estimate of drug-likeness (QED) is 0.525. The van der Waals surface area contributed by atoms with Crippen LogP contribution in [0.2, 0.25) is 0 Å². The molecule has 0 fully saturated rings. The summed E-state index contributed by atoms with van der Waals surface area (Å²) in [5.41, 5.74) is 6.49. The Hall–Kier alpha value is -1.61. The second-order valence-electron chi connectivity index (χ2n) is 8.49.